The second kappa shape index (κ2) is 4.66. The molecule has 0 amide bonds. The van der Waals surface area contributed by atoms with E-state index in [4.69, 9.17) is 16.0 Å². The molecule has 19 heavy (non-hydrogen) atoms. The van der Waals surface area contributed by atoms with E-state index in [1.165, 1.54) is 0 Å². The fourth-order valence-corrected chi connectivity index (χ4v) is 2.95. The van der Waals surface area contributed by atoms with Crippen LogP contribution < -0.4 is 0 Å². The van der Waals surface area contributed by atoms with Crippen molar-refractivity contribution in [2.24, 2.45) is 0 Å². The summed E-state index contributed by atoms with van der Waals surface area (Å²) in [6.45, 7) is 0. The Kier molecular flexibility index (Phi) is 3.11. The summed E-state index contributed by atoms with van der Waals surface area (Å²) in [5.74, 6) is -0.119. The fraction of sp³-hybridized carbons (Fsp3) is 0.400. The maximum Gasteiger partial charge on any atom is 0.229 e. The summed E-state index contributed by atoms with van der Waals surface area (Å²) in [5, 5.41) is 11.7. The van der Waals surface area contributed by atoms with E-state index >= 15 is 0 Å². The molecule has 1 aromatic heterocycles. The minimum atomic E-state index is -1.27. The van der Waals surface area contributed by atoms with Gasteiger partial charge in [0.05, 0.1) is 5.02 Å². The minimum Gasteiger partial charge on any atom is -0.451 e. The van der Waals surface area contributed by atoms with Crippen molar-refractivity contribution in [2.75, 3.05) is 0 Å². The highest BCUT2D eigenvalue weighted by Gasteiger charge is 2.39. The molecule has 0 unspecified atom stereocenters. The van der Waals surface area contributed by atoms with Crippen molar-refractivity contribution >= 4 is 28.4 Å². The minimum absolute atomic E-state index is 0.201. The van der Waals surface area contributed by atoms with Crippen molar-refractivity contribution in [2.45, 2.75) is 37.7 Å². The van der Waals surface area contributed by atoms with Gasteiger partial charge in [0, 0.05) is 5.39 Å². The number of fused-ring (bicyclic) bond motifs is 1. The molecule has 0 atom stereocenters. The van der Waals surface area contributed by atoms with E-state index in [0.717, 1.165) is 24.6 Å². The number of aliphatic hydroxyl groups is 1. The molecule has 1 aliphatic rings. The monoisotopic (exact) mass is 278 g/mol. The third-order valence-corrected chi connectivity index (χ3v) is 4.12. The Morgan fingerprint density at radius 1 is 1.26 bits per heavy atom. The van der Waals surface area contributed by atoms with Crippen LogP contribution >= 0.6 is 11.6 Å². The lowest BCUT2D eigenvalue weighted by Crippen LogP contribution is -2.40. The van der Waals surface area contributed by atoms with Gasteiger partial charge in [-0.2, -0.15) is 0 Å². The van der Waals surface area contributed by atoms with Crippen molar-refractivity contribution in [3.63, 3.8) is 0 Å². The molecule has 0 spiro atoms. The average Bonchev–Trinajstić information content (AvgIpc) is 2.84. The SMILES string of the molecule is O=C(c1cc2cccc(Cl)c2o1)C1(O)CCCCC1. The van der Waals surface area contributed by atoms with Crippen molar-refractivity contribution in [1.82, 2.24) is 0 Å². The maximum absolute atomic E-state index is 12.4. The molecule has 2 aromatic rings. The second-order valence-corrected chi connectivity index (χ2v) is 5.60. The predicted octanol–water partition coefficient (Wildman–Crippen LogP) is 3.96. The average molecular weight is 279 g/mol. The zero-order valence-corrected chi connectivity index (χ0v) is 11.2. The highest BCUT2D eigenvalue weighted by Crippen LogP contribution is 2.34. The van der Waals surface area contributed by atoms with E-state index in [2.05, 4.69) is 0 Å². The zero-order valence-electron chi connectivity index (χ0n) is 10.5. The van der Waals surface area contributed by atoms with Gasteiger partial charge in [-0.3, -0.25) is 4.79 Å². The van der Waals surface area contributed by atoms with E-state index in [9.17, 15) is 9.90 Å². The number of furan rings is 1. The highest BCUT2D eigenvalue weighted by atomic mass is 35.5. The van der Waals surface area contributed by atoms with Gasteiger partial charge in [-0.1, -0.05) is 43.0 Å². The number of carbonyl (C=O) groups excluding carboxylic acids is 1. The Morgan fingerprint density at radius 2 is 2.00 bits per heavy atom. The number of benzene rings is 1. The van der Waals surface area contributed by atoms with Gasteiger partial charge in [0.25, 0.3) is 0 Å². The number of para-hydroxylation sites is 1. The van der Waals surface area contributed by atoms with Gasteiger partial charge in [0.1, 0.15) is 5.60 Å². The molecule has 3 rings (SSSR count). The molecule has 1 aromatic carbocycles. The van der Waals surface area contributed by atoms with Crippen LogP contribution in [0, 0.1) is 0 Å². The third-order valence-electron chi connectivity index (χ3n) is 3.82. The molecule has 0 saturated heterocycles. The smallest absolute Gasteiger partial charge is 0.229 e. The van der Waals surface area contributed by atoms with Crippen LogP contribution in [0.3, 0.4) is 0 Å². The Morgan fingerprint density at radius 3 is 2.68 bits per heavy atom. The Bertz CT molecular complexity index is 623. The van der Waals surface area contributed by atoms with Crippen LogP contribution in [0.4, 0.5) is 0 Å². The topological polar surface area (TPSA) is 50.4 Å². The van der Waals surface area contributed by atoms with Crippen molar-refractivity contribution in [3.05, 3.63) is 35.0 Å². The van der Waals surface area contributed by atoms with Gasteiger partial charge in [-0.15, -0.1) is 0 Å². The van der Waals surface area contributed by atoms with Gasteiger partial charge in [0.2, 0.25) is 5.78 Å². The first kappa shape index (κ1) is 12.7. The van der Waals surface area contributed by atoms with Crippen LogP contribution in [0.25, 0.3) is 11.0 Å². The van der Waals surface area contributed by atoms with Gasteiger partial charge in [-0.25, -0.2) is 0 Å². The molecule has 1 saturated carbocycles. The van der Waals surface area contributed by atoms with Gasteiger partial charge in [-0.05, 0) is 25.0 Å². The van der Waals surface area contributed by atoms with E-state index in [-0.39, 0.29) is 11.5 Å². The van der Waals surface area contributed by atoms with E-state index in [0.29, 0.717) is 23.4 Å². The number of Topliss-reactive ketones (excluding diaryl/α,β-unsaturated/α-hetero) is 1. The van der Waals surface area contributed by atoms with E-state index in [1.807, 2.05) is 12.1 Å². The molecule has 100 valence electrons. The first-order chi connectivity index (χ1) is 9.10. The summed E-state index contributed by atoms with van der Waals surface area (Å²) in [5.41, 5.74) is -0.759. The molecule has 0 bridgehead atoms. The molecule has 3 nitrogen and oxygen atoms in total. The summed E-state index contributed by atoms with van der Waals surface area (Å²) in [6, 6.07) is 7.03. The number of hydrogen-bond acceptors (Lipinski definition) is 3. The molecule has 1 heterocycles. The molecular weight excluding hydrogens is 264 g/mol. The third kappa shape index (κ3) is 2.17. The predicted molar refractivity (Wildman–Crippen MR) is 73.6 cm³/mol. The number of hydrogen-bond donors (Lipinski definition) is 1. The number of halogens is 1. The molecule has 0 aliphatic heterocycles. The molecule has 1 fully saturated rings. The molecule has 0 radical (unpaired) electrons. The molecule has 1 aliphatic carbocycles. The van der Waals surface area contributed by atoms with Gasteiger partial charge < -0.3 is 9.52 Å². The first-order valence-corrected chi connectivity index (χ1v) is 6.93. The van der Waals surface area contributed by atoms with Crippen LogP contribution in [0.15, 0.2) is 28.7 Å². The van der Waals surface area contributed by atoms with Crippen LogP contribution in [0.1, 0.15) is 42.7 Å². The Labute approximate surface area is 116 Å². The van der Waals surface area contributed by atoms with Crippen molar-refractivity contribution in [1.29, 1.82) is 0 Å². The lowest BCUT2D eigenvalue weighted by Gasteiger charge is -2.29. The lowest BCUT2D eigenvalue weighted by molar-refractivity contribution is 0.00945. The second-order valence-electron chi connectivity index (χ2n) is 5.19. The maximum atomic E-state index is 12.4. The van der Waals surface area contributed by atoms with Crippen LogP contribution in [-0.4, -0.2) is 16.5 Å². The first-order valence-electron chi connectivity index (χ1n) is 6.55. The Balaban J connectivity index is 1.99. The summed E-state index contributed by atoms with van der Waals surface area (Å²) in [6.07, 6.45) is 3.85. The summed E-state index contributed by atoms with van der Waals surface area (Å²) >= 11 is 6.03. The van der Waals surface area contributed by atoms with Crippen molar-refractivity contribution < 1.29 is 14.3 Å². The van der Waals surface area contributed by atoms with Crippen LogP contribution in [0.2, 0.25) is 5.02 Å². The lowest BCUT2D eigenvalue weighted by atomic mass is 9.81. The van der Waals surface area contributed by atoms with Gasteiger partial charge in [0.15, 0.2) is 11.3 Å². The van der Waals surface area contributed by atoms with Crippen molar-refractivity contribution in [3.8, 4) is 0 Å². The highest BCUT2D eigenvalue weighted by molar-refractivity contribution is 6.34. The summed E-state index contributed by atoms with van der Waals surface area (Å²) < 4.78 is 5.54. The number of rotatable bonds is 2. The quantitative estimate of drug-likeness (QED) is 0.846. The standard InChI is InChI=1S/C15H15ClO3/c16-11-6-4-5-10-9-12(19-13(10)11)14(17)15(18)7-2-1-3-8-15/h4-6,9,18H,1-3,7-8H2. The zero-order chi connectivity index (χ0) is 13.5. The normalized spacial score (nSPS) is 18.6. The Hall–Kier alpha value is -1.32. The largest absolute Gasteiger partial charge is 0.451 e. The molecule has 1 N–H and O–H groups in total. The van der Waals surface area contributed by atoms with E-state index in [1.54, 1.807) is 12.1 Å². The summed E-state index contributed by atoms with van der Waals surface area (Å²) in [7, 11) is 0. The van der Waals surface area contributed by atoms with Gasteiger partial charge >= 0.3 is 0 Å². The van der Waals surface area contributed by atoms with Crippen LogP contribution in [0.5, 0.6) is 0 Å². The van der Waals surface area contributed by atoms with E-state index < -0.39 is 5.60 Å². The summed E-state index contributed by atoms with van der Waals surface area (Å²) in [4.78, 5) is 12.4. The molecule has 4 heteroatoms. The number of carbonyl (C=O) groups is 1. The van der Waals surface area contributed by atoms with Crippen LogP contribution in [-0.2, 0) is 0 Å². The molecular formula is C15H15ClO3. The number of ketones is 1. The fourth-order valence-electron chi connectivity index (χ4n) is 2.73.